The zero-order valence-corrected chi connectivity index (χ0v) is 18.9. The summed E-state index contributed by atoms with van der Waals surface area (Å²) in [5.74, 6) is 2.18. The SMILES string of the molecule is Cc1noc(C)c1C1(OCC(=O)N2CC3C[C@H](C)C(C2)N3c2ccc(C#N)cn2)CCC1. The van der Waals surface area contributed by atoms with Crippen molar-refractivity contribution >= 4 is 11.7 Å². The molecule has 0 radical (unpaired) electrons. The zero-order valence-electron chi connectivity index (χ0n) is 18.9. The van der Waals surface area contributed by atoms with Crippen molar-refractivity contribution in [3.8, 4) is 6.07 Å². The number of rotatable bonds is 5. The summed E-state index contributed by atoms with van der Waals surface area (Å²) in [6.07, 6.45) is 5.51. The van der Waals surface area contributed by atoms with E-state index in [1.54, 1.807) is 6.20 Å². The first-order chi connectivity index (χ1) is 15.4. The fraction of sp³-hybridized carbons (Fsp3) is 0.583. The molecular weight excluding hydrogens is 406 g/mol. The Bertz CT molecular complexity index is 1030. The zero-order chi connectivity index (χ0) is 22.5. The summed E-state index contributed by atoms with van der Waals surface area (Å²) in [4.78, 5) is 22.0. The number of piperazine rings is 1. The molecule has 3 atom stereocenters. The van der Waals surface area contributed by atoms with Gasteiger partial charge in [0.1, 0.15) is 24.3 Å². The molecule has 2 unspecified atom stereocenters. The molecule has 2 aliphatic heterocycles. The molecule has 0 aromatic carbocycles. The van der Waals surface area contributed by atoms with E-state index in [0.717, 1.165) is 48.5 Å². The predicted molar refractivity (Wildman–Crippen MR) is 117 cm³/mol. The van der Waals surface area contributed by atoms with Gasteiger partial charge in [0.15, 0.2) is 0 Å². The van der Waals surface area contributed by atoms with Gasteiger partial charge in [-0.15, -0.1) is 0 Å². The van der Waals surface area contributed by atoms with Crippen LogP contribution in [0.15, 0.2) is 22.9 Å². The van der Waals surface area contributed by atoms with E-state index < -0.39 is 5.60 Å². The van der Waals surface area contributed by atoms with E-state index >= 15 is 0 Å². The van der Waals surface area contributed by atoms with Crippen molar-refractivity contribution in [1.82, 2.24) is 15.0 Å². The summed E-state index contributed by atoms with van der Waals surface area (Å²) in [6.45, 7) is 7.51. The molecule has 3 fully saturated rings. The molecule has 1 aliphatic carbocycles. The van der Waals surface area contributed by atoms with Gasteiger partial charge < -0.3 is 19.1 Å². The van der Waals surface area contributed by atoms with Crippen LogP contribution in [0.1, 0.15) is 55.2 Å². The number of aromatic nitrogens is 2. The second-order valence-corrected chi connectivity index (χ2v) is 9.49. The number of aryl methyl sites for hydroxylation is 2. The molecule has 168 valence electrons. The van der Waals surface area contributed by atoms with Crippen molar-refractivity contribution in [2.75, 3.05) is 24.6 Å². The van der Waals surface area contributed by atoms with Gasteiger partial charge in [0.25, 0.3) is 0 Å². The van der Waals surface area contributed by atoms with Crippen molar-refractivity contribution in [1.29, 1.82) is 5.26 Å². The van der Waals surface area contributed by atoms with Crippen LogP contribution in [0, 0.1) is 31.1 Å². The molecule has 8 heteroatoms. The second-order valence-electron chi connectivity index (χ2n) is 9.49. The Balaban J connectivity index is 1.27. The first-order valence-electron chi connectivity index (χ1n) is 11.4. The minimum absolute atomic E-state index is 0.0413. The Kier molecular flexibility index (Phi) is 5.17. The van der Waals surface area contributed by atoms with Gasteiger partial charge in [-0.05, 0) is 57.6 Å². The number of amides is 1. The fourth-order valence-corrected chi connectivity index (χ4v) is 5.78. The van der Waals surface area contributed by atoms with Crippen LogP contribution < -0.4 is 4.90 Å². The molecule has 1 saturated carbocycles. The number of carbonyl (C=O) groups is 1. The highest BCUT2D eigenvalue weighted by Crippen LogP contribution is 2.47. The van der Waals surface area contributed by atoms with E-state index in [2.05, 4.69) is 28.0 Å². The molecule has 4 heterocycles. The van der Waals surface area contributed by atoms with Crippen molar-refractivity contribution in [3.05, 3.63) is 40.9 Å². The number of carbonyl (C=O) groups excluding carboxylic acids is 1. The van der Waals surface area contributed by atoms with E-state index in [4.69, 9.17) is 14.5 Å². The average Bonchev–Trinajstić information content (AvgIpc) is 3.20. The van der Waals surface area contributed by atoms with Crippen LogP contribution >= 0.6 is 0 Å². The molecule has 2 aromatic heterocycles. The van der Waals surface area contributed by atoms with Crippen molar-refractivity contribution < 1.29 is 14.1 Å². The number of anilines is 1. The van der Waals surface area contributed by atoms with Crippen molar-refractivity contribution in [2.24, 2.45) is 5.92 Å². The fourth-order valence-electron chi connectivity index (χ4n) is 5.78. The molecule has 2 aromatic rings. The summed E-state index contributed by atoms with van der Waals surface area (Å²) in [7, 11) is 0. The highest BCUT2D eigenvalue weighted by atomic mass is 16.5. The highest BCUT2D eigenvalue weighted by Gasteiger charge is 2.47. The third-order valence-electron chi connectivity index (χ3n) is 7.51. The first kappa shape index (κ1) is 21.0. The minimum Gasteiger partial charge on any atom is -0.361 e. The van der Waals surface area contributed by atoms with Crippen LogP contribution in [0.4, 0.5) is 5.82 Å². The number of likely N-dealkylation sites (tertiary alicyclic amines) is 1. The van der Waals surface area contributed by atoms with Gasteiger partial charge in [-0.25, -0.2) is 4.98 Å². The molecular formula is C24H29N5O3. The number of hydrogen-bond acceptors (Lipinski definition) is 7. The topological polar surface area (TPSA) is 95.5 Å². The van der Waals surface area contributed by atoms with E-state index in [1.165, 1.54) is 0 Å². The van der Waals surface area contributed by atoms with Crippen molar-refractivity contribution in [2.45, 2.75) is 64.1 Å². The lowest BCUT2D eigenvalue weighted by molar-refractivity contribution is -0.154. The van der Waals surface area contributed by atoms with Gasteiger partial charge in [-0.1, -0.05) is 12.1 Å². The lowest BCUT2D eigenvalue weighted by Gasteiger charge is -2.44. The molecule has 5 rings (SSSR count). The normalized spacial score (nSPS) is 26.0. The highest BCUT2D eigenvalue weighted by molar-refractivity contribution is 5.78. The first-order valence-corrected chi connectivity index (χ1v) is 11.4. The Morgan fingerprint density at radius 1 is 1.34 bits per heavy atom. The standard InChI is InChI=1S/C24H29N5O3/c1-15-9-19-12-28(13-20(15)29(19)21-6-5-18(10-25)11-26-21)22(30)14-31-24(7-4-8-24)23-16(2)27-32-17(23)3/h5-6,11,15,19-20H,4,7-9,12-14H2,1-3H3/t15-,19?,20?/m0/s1. The van der Waals surface area contributed by atoms with Crippen molar-refractivity contribution in [3.63, 3.8) is 0 Å². The molecule has 1 amide bonds. The minimum atomic E-state index is -0.440. The van der Waals surface area contributed by atoms with Gasteiger partial charge in [0.2, 0.25) is 5.91 Å². The third-order valence-corrected chi connectivity index (χ3v) is 7.51. The smallest absolute Gasteiger partial charge is 0.248 e. The van der Waals surface area contributed by atoms with E-state index in [9.17, 15) is 4.79 Å². The van der Waals surface area contributed by atoms with Crippen LogP contribution in [0.2, 0.25) is 0 Å². The monoisotopic (exact) mass is 435 g/mol. The molecule has 2 bridgehead atoms. The summed E-state index contributed by atoms with van der Waals surface area (Å²) in [6, 6.07) is 6.30. The van der Waals surface area contributed by atoms with Gasteiger partial charge >= 0.3 is 0 Å². The maximum Gasteiger partial charge on any atom is 0.248 e. The Morgan fingerprint density at radius 2 is 2.16 bits per heavy atom. The third kappa shape index (κ3) is 3.36. The second kappa shape index (κ2) is 7.89. The molecule has 8 nitrogen and oxygen atoms in total. The lowest BCUT2D eigenvalue weighted by atomic mass is 9.74. The molecule has 3 aliphatic rings. The Morgan fingerprint density at radius 3 is 2.72 bits per heavy atom. The van der Waals surface area contributed by atoms with Crippen LogP contribution in [0.5, 0.6) is 0 Å². The molecule has 2 saturated heterocycles. The average molecular weight is 436 g/mol. The maximum atomic E-state index is 13.2. The van der Waals surface area contributed by atoms with Gasteiger partial charge in [-0.3, -0.25) is 4.79 Å². The largest absolute Gasteiger partial charge is 0.361 e. The molecule has 0 spiro atoms. The van der Waals surface area contributed by atoms with Gasteiger partial charge in [-0.2, -0.15) is 5.26 Å². The van der Waals surface area contributed by atoms with E-state index in [1.807, 2.05) is 30.9 Å². The lowest BCUT2D eigenvalue weighted by Crippen LogP contribution is -2.57. The summed E-state index contributed by atoms with van der Waals surface area (Å²) >= 11 is 0. The number of pyridine rings is 1. The number of nitrogens with zero attached hydrogens (tertiary/aromatic N) is 5. The Hall–Kier alpha value is -2.92. The molecule has 0 N–H and O–H groups in total. The Labute approximate surface area is 188 Å². The summed E-state index contributed by atoms with van der Waals surface area (Å²) in [5, 5.41) is 13.1. The number of ether oxygens (including phenoxy) is 1. The van der Waals surface area contributed by atoms with Crippen LogP contribution in [-0.4, -0.2) is 52.7 Å². The van der Waals surface area contributed by atoms with E-state index in [-0.39, 0.29) is 24.6 Å². The predicted octanol–water partition coefficient (Wildman–Crippen LogP) is 3.08. The summed E-state index contributed by atoms with van der Waals surface area (Å²) < 4.78 is 11.7. The number of hydrogen-bond donors (Lipinski definition) is 0. The van der Waals surface area contributed by atoms with E-state index in [0.29, 0.717) is 24.6 Å². The summed E-state index contributed by atoms with van der Waals surface area (Å²) in [5.41, 5.74) is 1.99. The van der Waals surface area contributed by atoms with Crippen LogP contribution in [0.25, 0.3) is 0 Å². The van der Waals surface area contributed by atoms with Crippen LogP contribution in [0.3, 0.4) is 0 Å². The quantitative estimate of drug-likeness (QED) is 0.712. The molecule has 32 heavy (non-hydrogen) atoms. The number of fused-ring (bicyclic) bond motifs is 2. The number of nitriles is 1. The van der Waals surface area contributed by atoms with Crippen LogP contribution in [-0.2, 0) is 15.1 Å². The van der Waals surface area contributed by atoms with Gasteiger partial charge in [0.05, 0.1) is 22.9 Å². The van der Waals surface area contributed by atoms with Gasteiger partial charge in [0, 0.05) is 30.9 Å². The maximum absolute atomic E-state index is 13.2.